The number of rotatable bonds is 11. The molecule has 3 rings (SSSR count). The maximum atomic E-state index is 14.2. The Balaban J connectivity index is 2.32. The van der Waals surface area contributed by atoms with Crippen molar-refractivity contribution in [1.29, 1.82) is 0 Å². The largest absolute Gasteiger partial charge is 0.458 e. The first-order valence-electron chi connectivity index (χ1n) is 13.5. The lowest BCUT2D eigenvalue weighted by Crippen LogP contribution is -2.54. The van der Waals surface area contributed by atoms with Crippen LogP contribution in [0.5, 0.6) is 0 Å². The van der Waals surface area contributed by atoms with Crippen molar-refractivity contribution < 1.29 is 19.0 Å². The molecule has 0 aliphatic carbocycles. The van der Waals surface area contributed by atoms with Crippen molar-refractivity contribution in [3.8, 4) is 0 Å². The molecule has 0 aliphatic heterocycles. The van der Waals surface area contributed by atoms with Crippen molar-refractivity contribution in [2.45, 2.75) is 105 Å². The second kappa shape index (κ2) is 12.2. The van der Waals surface area contributed by atoms with Crippen LogP contribution in [-0.2, 0) is 37.7 Å². The molecule has 0 fully saturated rings. The average Bonchev–Trinajstić information content (AvgIpc) is 3.19. The van der Waals surface area contributed by atoms with Gasteiger partial charge in [-0.15, -0.1) is 11.3 Å². The highest BCUT2D eigenvalue weighted by Crippen LogP contribution is 2.31. The van der Waals surface area contributed by atoms with Gasteiger partial charge >= 0.3 is 11.7 Å². The third-order valence-electron chi connectivity index (χ3n) is 6.70. The van der Waals surface area contributed by atoms with E-state index in [9.17, 15) is 14.4 Å². The summed E-state index contributed by atoms with van der Waals surface area (Å²) in [5, 5.41) is 0.404. The summed E-state index contributed by atoms with van der Waals surface area (Å²) >= 11 is 1.37. The lowest BCUT2D eigenvalue weighted by Gasteiger charge is -2.30. The number of carbonyl (C=O) groups is 1. The second-order valence-electron chi connectivity index (χ2n) is 11.3. The van der Waals surface area contributed by atoms with Crippen LogP contribution in [0.15, 0.2) is 39.9 Å². The van der Waals surface area contributed by atoms with E-state index in [1.165, 1.54) is 11.3 Å². The molecule has 9 heteroatoms. The summed E-state index contributed by atoms with van der Waals surface area (Å²) in [6.07, 6.45) is 0.301. The number of fused-ring (bicyclic) bond motifs is 1. The molecule has 8 nitrogen and oxygen atoms in total. The Kier molecular flexibility index (Phi) is 9.62. The smallest absolute Gasteiger partial charge is 0.333 e. The van der Waals surface area contributed by atoms with Gasteiger partial charge in [-0.1, -0.05) is 37.3 Å². The highest BCUT2D eigenvalue weighted by molar-refractivity contribution is 7.18. The average molecular weight is 559 g/mol. The third kappa shape index (κ3) is 6.70. The Morgan fingerprint density at radius 1 is 1.05 bits per heavy atom. The van der Waals surface area contributed by atoms with Crippen LogP contribution >= 0.6 is 11.3 Å². The summed E-state index contributed by atoms with van der Waals surface area (Å²) in [7, 11) is 0. The summed E-state index contributed by atoms with van der Waals surface area (Å²) in [6, 6.07) is 9.73. The highest BCUT2D eigenvalue weighted by Gasteiger charge is 2.39. The van der Waals surface area contributed by atoms with Crippen molar-refractivity contribution in [2.24, 2.45) is 0 Å². The van der Waals surface area contributed by atoms with Crippen LogP contribution in [0.2, 0.25) is 0 Å². The lowest BCUT2D eigenvalue weighted by molar-refractivity contribution is -0.164. The van der Waals surface area contributed by atoms with Crippen molar-refractivity contribution >= 4 is 27.5 Å². The van der Waals surface area contributed by atoms with Gasteiger partial charge in [0.25, 0.3) is 5.56 Å². The lowest BCUT2D eigenvalue weighted by atomic mass is 10.0. The molecule has 1 aromatic carbocycles. The first-order valence-corrected chi connectivity index (χ1v) is 14.3. The molecule has 2 atom stereocenters. The normalized spacial score (nSPS) is 14.0. The quantitative estimate of drug-likeness (QED) is 0.281. The van der Waals surface area contributed by atoms with Gasteiger partial charge in [-0.3, -0.25) is 9.36 Å². The maximum absolute atomic E-state index is 14.2. The van der Waals surface area contributed by atoms with Gasteiger partial charge in [-0.05, 0) is 72.9 Å². The number of benzene rings is 1. The zero-order chi connectivity index (χ0) is 29.1. The standard InChI is InChI=1S/C30H42N2O6S/c1-10-19(3)37-22(21-15-13-12-14-16-21)17-31-26-24(20(4)23(39-26)18-36-11-2)25(33)32(28(31)35)30(8,9)27(34)38-29(5,6)7/h12-16,19,22H,10-11,17-18H2,1-9H3. The van der Waals surface area contributed by atoms with Crippen LogP contribution in [0, 0.1) is 6.92 Å². The molecule has 0 aliphatic rings. The molecule has 2 heterocycles. The van der Waals surface area contributed by atoms with Crippen molar-refractivity contribution in [3.63, 3.8) is 0 Å². The molecule has 2 unspecified atom stereocenters. The summed E-state index contributed by atoms with van der Waals surface area (Å²) in [5.74, 6) is -0.655. The molecule has 0 saturated carbocycles. The maximum Gasteiger partial charge on any atom is 0.333 e. The van der Waals surface area contributed by atoms with E-state index in [0.717, 1.165) is 27.0 Å². The van der Waals surface area contributed by atoms with Gasteiger partial charge in [-0.25, -0.2) is 14.2 Å². The van der Waals surface area contributed by atoms with Crippen molar-refractivity contribution in [3.05, 3.63) is 67.2 Å². The minimum atomic E-state index is -1.55. The van der Waals surface area contributed by atoms with Gasteiger partial charge in [0.2, 0.25) is 0 Å². The Hall–Kier alpha value is -2.75. The fourth-order valence-electron chi connectivity index (χ4n) is 4.31. The van der Waals surface area contributed by atoms with E-state index in [1.54, 1.807) is 39.2 Å². The van der Waals surface area contributed by atoms with Gasteiger partial charge < -0.3 is 14.2 Å². The number of aromatic nitrogens is 2. The molecule has 0 radical (unpaired) electrons. The first-order chi connectivity index (χ1) is 18.2. The molecule has 2 aromatic heterocycles. The number of esters is 1. The molecule has 214 valence electrons. The minimum absolute atomic E-state index is 0.0518. The zero-order valence-electron chi connectivity index (χ0n) is 24.6. The van der Waals surface area contributed by atoms with Gasteiger partial charge in [0, 0.05) is 11.5 Å². The highest BCUT2D eigenvalue weighted by atomic mass is 32.1. The van der Waals surface area contributed by atoms with E-state index >= 15 is 0 Å². The van der Waals surface area contributed by atoms with Gasteiger partial charge in [0.1, 0.15) is 22.1 Å². The number of nitrogens with zero attached hydrogens (tertiary/aromatic N) is 2. The van der Waals surface area contributed by atoms with E-state index in [0.29, 0.717) is 23.4 Å². The number of hydrogen-bond donors (Lipinski definition) is 0. The first kappa shape index (κ1) is 30.8. The van der Waals surface area contributed by atoms with Gasteiger partial charge in [0.05, 0.1) is 24.6 Å². The monoisotopic (exact) mass is 558 g/mol. The number of thiophene rings is 1. The summed E-state index contributed by atoms with van der Waals surface area (Å²) in [5.41, 5.74) is -1.77. The number of ether oxygens (including phenoxy) is 3. The topological polar surface area (TPSA) is 88.8 Å². The van der Waals surface area contributed by atoms with Crippen LogP contribution in [-0.4, -0.2) is 33.4 Å². The minimum Gasteiger partial charge on any atom is -0.458 e. The Morgan fingerprint density at radius 2 is 1.69 bits per heavy atom. The van der Waals surface area contributed by atoms with E-state index < -0.39 is 34.5 Å². The molecule has 0 bridgehead atoms. The summed E-state index contributed by atoms with van der Waals surface area (Å²) < 4.78 is 20.3. The number of aryl methyl sites for hydroxylation is 1. The number of hydrogen-bond acceptors (Lipinski definition) is 7. The molecule has 0 N–H and O–H groups in total. The second-order valence-corrected chi connectivity index (χ2v) is 12.4. The molecular weight excluding hydrogens is 516 g/mol. The predicted octanol–water partition coefficient (Wildman–Crippen LogP) is 5.70. The van der Waals surface area contributed by atoms with Crippen LogP contribution in [0.1, 0.15) is 83.9 Å². The SMILES string of the molecule is CCOCc1sc2c(c1C)c(=O)n(C(C)(C)C(=O)OC(C)(C)C)c(=O)n2CC(OC(C)CC)c1ccccc1. The van der Waals surface area contributed by atoms with Crippen LogP contribution in [0.25, 0.3) is 10.2 Å². The Morgan fingerprint density at radius 3 is 2.26 bits per heavy atom. The number of carbonyl (C=O) groups excluding carboxylic acids is 1. The molecule has 3 aromatic rings. The molecule has 0 saturated heterocycles. The predicted molar refractivity (Wildman–Crippen MR) is 156 cm³/mol. The van der Waals surface area contributed by atoms with Crippen molar-refractivity contribution in [1.82, 2.24) is 9.13 Å². The van der Waals surface area contributed by atoms with Crippen LogP contribution < -0.4 is 11.2 Å². The third-order valence-corrected chi connectivity index (χ3v) is 7.99. The molecular formula is C30H42N2O6S. The zero-order valence-corrected chi connectivity index (χ0v) is 25.4. The molecule has 39 heavy (non-hydrogen) atoms. The van der Waals surface area contributed by atoms with Gasteiger partial charge in [0.15, 0.2) is 0 Å². The van der Waals surface area contributed by atoms with E-state index in [4.69, 9.17) is 14.2 Å². The van der Waals surface area contributed by atoms with E-state index in [-0.39, 0.29) is 12.6 Å². The summed E-state index contributed by atoms with van der Waals surface area (Å²) in [6.45, 7) is 17.2. The molecule has 0 spiro atoms. The van der Waals surface area contributed by atoms with Gasteiger partial charge in [-0.2, -0.15) is 0 Å². The molecule has 0 amide bonds. The van der Waals surface area contributed by atoms with Crippen molar-refractivity contribution in [2.75, 3.05) is 6.61 Å². The Labute approximate surface area is 234 Å². The van der Waals surface area contributed by atoms with E-state index in [2.05, 4.69) is 0 Å². The van der Waals surface area contributed by atoms with E-state index in [1.807, 2.05) is 58.0 Å². The fraction of sp³-hybridized carbons (Fsp3) is 0.567. The Bertz CT molecular complexity index is 1410. The fourth-order valence-corrected chi connectivity index (χ4v) is 5.55. The summed E-state index contributed by atoms with van der Waals surface area (Å²) in [4.78, 5) is 42.9. The van der Waals surface area contributed by atoms with Crippen LogP contribution in [0.4, 0.5) is 0 Å². The van der Waals surface area contributed by atoms with Crippen LogP contribution in [0.3, 0.4) is 0 Å².